The monoisotopic (exact) mass is 260 g/mol. The van der Waals surface area contributed by atoms with E-state index in [4.69, 9.17) is 5.26 Å². The van der Waals surface area contributed by atoms with Crippen molar-refractivity contribution < 1.29 is 9.59 Å². The minimum Gasteiger partial charge on any atom is -0.269 e. The number of rotatable bonds is 2. The average molecular weight is 260 g/mol. The molecule has 2 rings (SSSR count). The van der Waals surface area contributed by atoms with Gasteiger partial charge in [-0.3, -0.25) is 14.5 Å². The minimum absolute atomic E-state index is 0.196. The van der Waals surface area contributed by atoms with Crippen LogP contribution < -0.4 is 0 Å². The van der Waals surface area contributed by atoms with Gasteiger partial charge in [-0.15, -0.1) is 11.3 Å². The van der Waals surface area contributed by atoms with Crippen molar-refractivity contribution in [3.63, 3.8) is 0 Å². The van der Waals surface area contributed by atoms with E-state index in [0.717, 1.165) is 25.8 Å². The molecule has 0 N–H and O–H groups in total. The summed E-state index contributed by atoms with van der Waals surface area (Å²) in [5, 5.41) is 8.62. The Morgan fingerprint density at radius 1 is 1.28 bits per heavy atom. The summed E-state index contributed by atoms with van der Waals surface area (Å²) in [7, 11) is 0. The zero-order valence-electron chi connectivity index (χ0n) is 10.4. The second-order valence-corrected chi connectivity index (χ2v) is 5.59. The summed E-state index contributed by atoms with van der Waals surface area (Å²) in [6, 6.07) is 1.83. The van der Waals surface area contributed by atoms with Crippen LogP contribution in [0.1, 0.15) is 20.9 Å². The number of nitriles is 1. The van der Waals surface area contributed by atoms with Gasteiger partial charge in [-0.2, -0.15) is 5.26 Å². The van der Waals surface area contributed by atoms with Gasteiger partial charge in [0.2, 0.25) is 0 Å². The molecule has 0 aliphatic carbocycles. The topological polar surface area (TPSA) is 61.2 Å². The standard InChI is InChI=1S/C13H12N2O2S/c1-7-8(2)18-9(3)12(7)10-6-11(16)15(5-4-14)13(10)17/h6H,5H2,1-3H3. The predicted molar refractivity (Wildman–Crippen MR) is 68.8 cm³/mol. The van der Waals surface area contributed by atoms with Gasteiger partial charge in [0, 0.05) is 21.4 Å². The van der Waals surface area contributed by atoms with Crippen molar-refractivity contribution in [2.75, 3.05) is 6.54 Å². The van der Waals surface area contributed by atoms with Crippen LogP contribution in [0.4, 0.5) is 0 Å². The van der Waals surface area contributed by atoms with Gasteiger partial charge in [0.1, 0.15) is 6.54 Å². The average Bonchev–Trinajstić information content (AvgIpc) is 2.71. The lowest BCUT2D eigenvalue weighted by Gasteiger charge is -2.10. The van der Waals surface area contributed by atoms with Gasteiger partial charge in [0.15, 0.2) is 0 Å². The van der Waals surface area contributed by atoms with Crippen LogP contribution in [0.25, 0.3) is 5.57 Å². The van der Waals surface area contributed by atoms with Crippen molar-refractivity contribution in [1.82, 2.24) is 4.90 Å². The van der Waals surface area contributed by atoms with Crippen LogP contribution in [0, 0.1) is 32.1 Å². The third-order valence-electron chi connectivity index (χ3n) is 3.07. The van der Waals surface area contributed by atoms with Crippen molar-refractivity contribution in [3.05, 3.63) is 27.0 Å². The molecule has 0 unspecified atom stereocenters. The van der Waals surface area contributed by atoms with E-state index in [1.165, 1.54) is 6.08 Å². The fourth-order valence-electron chi connectivity index (χ4n) is 2.10. The first-order valence-electron chi connectivity index (χ1n) is 5.48. The van der Waals surface area contributed by atoms with Crippen LogP contribution in [-0.2, 0) is 9.59 Å². The molecule has 1 aromatic rings. The number of carbonyl (C=O) groups excluding carboxylic acids is 2. The van der Waals surface area contributed by atoms with Crippen LogP contribution in [0.15, 0.2) is 6.08 Å². The van der Waals surface area contributed by atoms with Crippen molar-refractivity contribution in [2.45, 2.75) is 20.8 Å². The summed E-state index contributed by atoms with van der Waals surface area (Å²) in [6.07, 6.45) is 1.33. The molecule has 1 aliphatic heterocycles. The van der Waals surface area contributed by atoms with Gasteiger partial charge in [0.25, 0.3) is 11.8 Å². The summed E-state index contributed by atoms with van der Waals surface area (Å²) in [5.41, 5.74) is 2.29. The Hall–Kier alpha value is -1.93. The second kappa shape index (κ2) is 4.39. The molecule has 92 valence electrons. The molecular weight excluding hydrogens is 248 g/mol. The number of carbonyl (C=O) groups is 2. The quantitative estimate of drug-likeness (QED) is 0.603. The Morgan fingerprint density at radius 2 is 1.94 bits per heavy atom. The number of hydrogen-bond donors (Lipinski definition) is 0. The van der Waals surface area contributed by atoms with E-state index in [0.29, 0.717) is 5.57 Å². The molecule has 18 heavy (non-hydrogen) atoms. The third-order valence-corrected chi connectivity index (χ3v) is 4.19. The molecule has 2 heterocycles. The van der Waals surface area contributed by atoms with Crippen LogP contribution >= 0.6 is 11.3 Å². The van der Waals surface area contributed by atoms with E-state index < -0.39 is 5.91 Å². The highest BCUT2D eigenvalue weighted by atomic mass is 32.1. The van der Waals surface area contributed by atoms with Gasteiger partial charge in [-0.25, -0.2) is 0 Å². The molecule has 0 saturated carbocycles. The zero-order chi connectivity index (χ0) is 13.4. The number of thiophene rings is 1. The predicted octanol–water partition coefficient (Wildman–Crippen LogP) is 1.95. The summed E-state index contributed by atoms with van der Waals surface area (Å²) >= 11 is 1.61. The van der Waals surface area contributed by atoms with Crippen molar-refractivity contribution in [1.29, 1.82) is 5.26 Å². The smallest absolute Gasteiger partial charge is 0.262 e. The van der Waals surface area contributed by atoms with Gasteiger partial charge in [0.05, 0.1) is 11.6 Å². The first kappa shape index (κ1) is 12.5. The lowest BCUT2D eigenvalue weighted by Crippen LogP contribution is -2.31. The maximum absolute atomic E-state index is 12.1. The van der Waals surface area contributed by atoms with Gasteiger partial charge >= 0.3 is 0 Å². The molecule has 0 atom stereocenters. The molecule has 1 aromatic heterocycles. The van der Waals surface area contributed by atoms with E-state index in [1.54, 1.807) is 11.3 Å². The second-order valence-electron chi connectivity index (χ2n) is 4.16. The van der Waals surface area contributed by atoms with E-state index >= 15 is 0 Å². The number of amides is 2. The van der Waals surface area contributed by atoms with Crippen molar-refractivity contribution in [2.24, 2.45) is 0 Å². The van der Waals surface area contributed by atoms with E-state index in [1.807, 2.05) is 26.8 Å². The Morgan fingerprint density at radius 3 is 2.44 bits per heavy atom. The van der Waals surface area contributed by atoms with Gasteiger partial charge in [-0.05, 0) is 26.3 Å². The first-order chi connectivity index (χ1) is 8.47. The summed E-state index contributed by atoms with van der Waals surface area (Å²) in [5.74, 6) is -0.773. The molecule has 2 amide bonds. The molecule has 0 spiro atoms. The van der Waals surface area contributed by atoms with Crippen molar-refractivity contribution in [3.8, 4) is 6.07 Å². The van der Waals surface area contributed by atoms with Crippen LogP contribution in [-0.4, -0.2) is 23.3 Å². The lowest BCUT2D eigenvalue weighted by molar-refractivity contribution is -0.135. The summed E-state index contributed by atoms with van der Waals surface area (Å²) in [4.78, 5) is 26.9. The van der Waals surface area contributed by atoms with Gasteiger partial charge in [-0.1, -0.05) is 0 Å². The molecular formula is C13H12N2O2S. The van der Waals surface area contributed by atoms with E-state index in [2.05, 4.69) is 0 Å². The Kier molecular flexibility index (Phi) is 3.05. The summed E-state index contributed by atoms with van der Waals surface area (Å²) in [6.45, 7) is 5.68. The number of imide groups is 1. The first-order valence-corrected chi connectivity index (χ1v) is 6.30. The highest BCUT2D eigenvalue weighted by Gasteiger charge is 2.33. The van der Waals surface area contributed by atoms with Crippen LogP contribution in [0.2, 0.25) is 0 Å². The Labute approximate surface area is 109 Å². The van der Waals surface area contributed by atoms with E-state index in [-0.39, 0.29) is 12.5 Å². The molecule has 0 bridgehead atoms. The SMILES string of the molecule is Cc1sc(C)c(C2=CC(=O)N(CC#N)C2=O)c1C. The number of nitrogens with zero attached hydrogens (tertiary/aromatic N) is 2. The molecule has 0 radical (unpaired) electrons. The molecule has 0 fully saturated rings. The molecule has 1 aliphatic rings. The molecule has 0 aromatic carbocycles. The largest absolute Gasteiger partial charge is 0.269 e. The third kappa shape index (κ3) is 1.75. The number of hydrogen-bond acceptors (Lipinski definition) is 4. The van der Waals surface area contributed by atoms with Gasteiger partial charge < -0.3 is 0 Å². The highest BCUT2D eigenvalue weighted by Crippen LogP contribution is 2.35. The molecule has 4 nitrogen and oxygen atoms in total. The molecule has 0 saturated heterocycles. The minimum atomic E-state index is -0.404. The fourth-order valence-corrected chi connectivity index (χ4v) is 3.18. The lowest BCUT2D eigenvalue weighted by atomic mass is 10.0. The number of aryl methyl sites for hydroxylation is 2. The molecule has 5 heteroatoms. The Balaban J connectivity index is 2.48. The maximum Gasteiger partial charge on any atom is 0.262 e. The highest BCUT2D eigenvalue weighted by molar-refractivity contribution is 7.12. The fraction of sp³-hybridized carbons (Fsp3) is 0.308. The normalized spacial score (nSPS) is 15.0. The van der Waals surface area contributed by atoms with E-state index in [9.17, 15) is 9.59 Å². The Bertz CT molecular complexity index is 620. The van der Waals surface area contributed by atoms with Crippen LogP contribution in [0.5, 0.6) is 0 Å². The summed E-state index contributed by atoms with van der Waals surface area (Å²) < 4.78 is 0. The maximum atomic E-state index is 12.1. The van der Waals surface area contributed by atoms with Crippen molar-refractivity contribution >= 4 is 28.7 Å². The zero-order valence-corrected chi connectivity index (χ0v) is 11.2. The van der Waals surface area contributed by atoms with Crippen LogP contribution in [0.3, 0.4) is 0 Å².